The summed E-state index contributed by atoms with van der Waals surface area (Å²) in [6.45, 7) is 0.0336. The first-order chi connectivity index (χ1) is 7.87. The summed E-state index contributed by atoms with van der Waals surface area (Å²) in [5.41, 5.74) is 0.468. The highest BCUT2D eigenvalue weighted by atomic mass is 32.2. The van der Waals surface area contributed by atoms with Crippen molar-refractivity contribution in [1.29, 1.82) is 0 Å². The molecule has 1 rings (SSSR count). The van der Waals surface area contributed by atoms with Gasteiger partial charge in [0.05, 0.1) is 6.26 Å². The quantitative estimate of drug-likeness (QED) is 0.818. The van der Waals surface area contributed by atoms with Gasteiger partial charge in [0, 0.05) is 18.7 Å². The first-order valence-electron chi connectivity index (χ1n) is 4.87. The number of benzene rings is 1. The van der Waals surface area contributed by atoms with Crippen LogP contribution in [-0.4, -0.2) is 27.1 Å². The van der Waals surface area contributed by atoms with Gasteiger partial charge in [0.25, 0.3) is 0 Å². The third-order valence-electron chi connectivity index (χ3n) is 1.84. The Morgan fingerprint density at radius 2 is 1.88 bits per heavy atom. The molecule has 94 valence electrons. The number of carbonyl (C=O) groups is 1. The van der Waals surface area contributed by atoms with Crippen molar-refractivity contribution in [3.8, 4) is 0 Å². The molecule has 0 aromatic heterocycles. The zero-order valence-electron chi connectivity index (χ0n) is 9.23. The lowest BCUT2D eigenvalue weighted by atomic mass is 10.3. The van der Waals surface area contributed by atoms with Gasteiger partial charge in [-0.25, -0.2) is 17.5 Å². The highest BCUT2D eigenvalue weighted by molar-refractivity contribution is 7.88. The number of anilines is 1. The molecule has 0 saturated carbocycles. The predicted molar refractivity (Wildman–Crippen MR) is 62.5 cm³/mol. The van der Waals surface area contributed by atoms with Crippen molar-refractivity contribution in [2.24, 2.45) is 0 Å². The second kappa shape index (κ2) is 5.74. The maximum Gasteiger partial charge on any atom is 0.225 e. The van der Waals surface area contributed by atoms with Crippen LogP contribution in [0.15, 0.2) is 24.3 Å². The standard InChI is InChI=1S/C10H13FN2O3S/c1-17(15,16)12-7-6-10(14)13-9-4-2-8(11)3-5-9/h2-5,12H,6-7H2,1H3,(H,13,14). The number of hydrogen-bond acceptors (Lipinski definition) is 3. The molecule has 0 bridgehead atoms. The molecular weight excluding hydrogens is 247 g/mol. The van der Waals surface area contributed by atoms with Gasteiger partial charge in [0.2, 0.25) is 15.9 Å². The normalized spacial score (nSPS) is 11.2. The fraction of sp³-hybridized carbons (Fsp3) is 0.300. The van der Waals surface area contributed by atoms with Crippen LogP contribution >= 0.6 is 0 Å². The van der Waals surface area contributed by atoms with Crippen molar-refractivity contribution in [1.82, 2.24) is 4.72 Å². The average molecular weight is 260 g/mol. The van der Waals surface area contributed by atoms with E-state index in [0.717, 1.165) is 6.26 Å². The summed E-state index contributed by atoms with van der Waals surface area (Å²) < 4.78 is 36.2. The van der Waals surface area contributed by atoms with Crippen LogP contribution < -0.4 is 10.0 Å². The zero-order chi connectivity index (χ0) is 12.9. The molecule has 1 aromatic carbocycles. The van der Waals surface area contributed by atoms with E-state index in [1.807, 2.05) is 0 Å². The van der Waals surface area contributed by atoms with Crippen molar-refractivity contribution < 1.29 is 17.6 Å². The highest BCUT2D eigenvalue weighted by Gasteiger charge is 2.05. The lowest BCUT2D eigenvalue weighted by Gasteiger charge is -2.05. The van der Waals surface area contributed by atoms with Crippen molar-refractivity contribution in [2.45, 2.75) is 6.42 Å². The maximum absolute atomic E-state index is 12.6. The van der Waals surface area contributed by atoms with E-state index in [9.17, 15) is 17.6 Å². The summed E-state index contributed by atoms with van der Waals surface area (Å²) in [6, 6.07) is 5.31. The number of sulfonamides is 1. The van der Waals surface area contributed by atoms with Crippen LogP contribution in [0.4, 0.5) is 10.1 Å². The third-order valence-corrected chi connectivity index (χ3v) is 2.57. The van der Waals surface area contributed by atoms with Crippen LogP contribution in [0.2, 0.25) is 0 Å². The van der Waals surface area contributed by atoms with Gasteiger partial charge in [-0.05, 0) is 24.3 Å². The van der Waals surface area contributed by atoms with Crippen LogP contribution in [-0.2, 0) is 14.8 Å². The minimum Gasteiger partial charge on any atom is -0.326 e. The molecule has 0 fully saturated rings. The van der Waals surface area contributed by atoms with E-state index in [-0.39, 0.29) is 24.7 Å². The molecule has 0 atom stereocenters. The highest BCUT2D eigenvalue weighted by Crippen LogP contribution is 2.08. The Labute approximate surface area is 99.1 Å². The molecule has 0 spiro atoms. The number of hydrogen-bond donors (Lipinski definition) is 2. The minimum atomic E-state index is -3.28. The number of amides is 1. The summed E-state index contributed by atoms with van der Waals surface area (Å²) in [5, 5.41) is 2.51. The Hall–Kier alpha value is -1.47. The molecule has 0 aliphatic carbocycles. The van der Waals surface area contributed by atoms with Gasteiger partial charge < -0.3 is 5.32 Å². The third kappa shape index (κ3) is 5.98. The number of halogens is 1. The molecule has 2 N–H and O–H groups in total. The predicted octanol–water partition coefficient (Wildman–Crippen LogP) is 0.703. The molecule has 17 heavy (non-hydrogen) atoms. The fourth-order valence-electron chi connectivity index (χ4n) is 1.11. The van der Waals surface area contributed by atoms with Crippen LogP contribution in [0.25, 0.3) is 0 Å². The van der Waals surface area contributed by atoms with Gasteiger partial charge in [-0.15, -0.1) is 0 Å². The molecule has 1 amide bonds. The van der Waals surface area contributed by atoms with Crippen molar-refractivity contribution in [2.75, 3.05) is 18.1 Å². The zero-order valence-corrected chi connectivity index (χ0v) is 10.1. The summed E-state index contributed by atoms with van der Waals surface area (Å²) in [6.07, 6.45) is 1.04. The van der Waals surface area contributed by atoms with Crippen molar-refractivity contribution in [3.05, 3.63) is 30.1 Å². The molecule has 5 nitrogen and oxygen atoms in total. The van der Waals surface area contributed by atoms with Crippen molar-refractivity contribution >= 4 is 21.6 Å². The van der Waals surface area contributed by atoms with Gasteiger partial charge in [-0.2, -0.15) is 0 Å². The number of rotatable bonds is 5. The lowest BCUT2D eigenvalue weighted by molar-refractivity contribution is -0.116. The first kappa shape index (κ1) is 13.6. The van der Waals surface area contributed by atoms with E-state index in [4.69, 9.17) is 0 Å². The van der Waals surface area contributed by atoms with Gasteiger partial charge in [0.1, 0.15) is 5.82 Å². The number of nitrogens with one attached hydrogen (secondary N) is 2. The summed E-state index contributed by atoms with van der Waals surface area (Å²) in [7, 11) is -3.28. The van der Waals surface area contributed by atoms with E-state index in [0.29, 0.717) is 5.69 Å². The Balaban J connectivity index is 2.37. The molecule has 0 unspecified atom stereocenters. The van der Waals surface area contributed by atoms with Crippen LogP contribution in [0, 0.1) is 5.82 Å². The molecule has 0 saturated heterocycles. The minimum absolute atomic E-state index is 0.0183. The van der Waals surface area contributed by atoms with E-state index < -0.39 is 10.0 Å². The largest absolute Gasteiger partial charge is 0.326 e. The van der Waals surface area contributed by atoms with E-state index in [1.165, 1.54) is 24.3 Å². The molecule has 0 heterocycles. The topological polar surface area (TPSA) is 75.3 Å². The Morgan fingerprint density at radius 1 is 1.29 bits per heavy atom. The maximum atomic E-state index is 12.6. The van der Waals surface area contributed by atoms with Gasteiger partial charge in [0.15, 0.2) is 0 Å². The van der Waals surface area contributed by atoms with Crippen LogP contribution in [0.5, 0.6) is 0 Å². The average Bonchev–Trinajstić information content (AvgIpc) is 2.19. The van der Waals surface area contributed by atoms with E-state index >= 15 is 0 Å². The Kier molecular flexibility index (Phi) is 4.59. The summed E-state index contributed by atoms with van der Waals surface area (Å²) >= 11 is 0. The first-order valence-corrected chi connectivity index (χ1v) is 6.76. The molecule has 7 heteroatoms. The second-order valence-electron chi connectivity index (χ2n) is 3.47. The molecule has 0 radical (unpaired) electrons. The molecule has 0 aliphatic rings. The Bertz CT molecular complexity index is 485. The van der Waals surface area contributed by atoms with Gasteiger partial charge in [-0.3, -0.25) is 4.79 Å². The summed E-state index contributed by atoms with van der Waals surface area (Å²) in [5.74, 6) is -0.727. The SMILES string of the molecule is CS(=O)(=O)NCCC(=O)Nc1ccc(F)cc1. The molecule has 0 aliphatic heterocycles. The van der Waals surface area contributed by atoms with E-state index in [1.54, 1.807) is 0 Å². The van der Waals surface area contributed by atoms with Gasteiger partial charge >= 0.3 is 0 Å². The van der Waals surface area contributed by atoms with Crippen LogP contribution in [0.1, 0.15) is 6.42 Å². The van der Waals surface area contributed by atoms with Crippen LogP contribution in [0.3, 0.4) is 0 Å². The van der Waals surface area contributed by atoms with Gasteiger partial charge in [-0.1, -0.05) is 0 Å². The Morgan fingerprint density at radius 3 is 2.41 bits per heavy atom. The fourth-order valence-corrected chi connectivity index (χ4v) is 1.58. The molecular formula is C10H13FN2O3S. The monoisotopic (exact) mass is 260 g/mol. The molecule has 1 aromatic rings. The lowest BCUT2D eigenvalue weighted by Crippen LogP contribution is -2.26. The van der Waals surface area contributed by atoms with Crippen molar-refractivity contribution in [3.63, 3.8) is 0 Å². The summed E-state index contributed by atoms with van der Waals surface area (Å²) in [4.78, 5) is 11.3. The second-order valence-corrected chi connectivity index (χ2v) is 5.30. The smallest absolute Gasteiger partial charge is 0.225 e. The number of carbonyl (C=O) groups excluding carboxylic acids is 1. The van der Waals surface area contributed by atoms with E-state index in [2.05, 4.69) is 10.0 Å².